The number of halogens is 1. The smallest absolute Gasteiger partial charge is 0.254 e. The molecule has 6 nitrogen and oxygen atoms in total. The number of nitrogens with one attached hydrogen (secondary N) is 1. The van der Waals surface area contributed by atoms with Crippen molar-refractivity contribution in [2.24, 2.45) is 0 Å². The first-order valence-corrected chi connectivity index (χ1v) is 12.9. The molecule has 0 unspecified atom stereocenters. The zero-order valence-corrected chi connectivity index (χ0v) is 22.5. The molecular weight excluding hydrogens is 455 g/mol. The minimum absolute atomic E-state index is 0.0755. The maximum Gasteiger partial charge on any atom is 0.254 e. The number of methoxy groups -OCH3 is 1. The van der Waals surface area contributed by atoms with Gasteiger partial charge in [-0.3, -0.25) is 4.79 Å². The third-order valence-corrected chi connectivity index (χ3v) is 7.72. The van der Waals surface area contributed by atoms with Crippen molar-refractivity contribution in [3.63, 3.8) is 0 Å². The molecule has 0 spiro atoms. The number of nitrogens with zero attached hydrogens (tertiary/aromatic N) is 3. The number of piperazine rings is 1. The third kappa shape index (κ3) is 5.13. The van der Waals surface area contributed by atoms with Crippen molar-refractivity contribution < 1.29 is 13.9 Å². The van der Waals surface area contributed by atoms with Gasteiger partial charge in [0.15, 0.2) is 0 Å². The molecule has 7 heteroatoms. The van der Waals surface area contributed by atoms with Gasteiger partial charge in [-0.1, -0.05) is 6.92 Å². The lowest BCUT2D eigenvalue weighted by atomic mass is 10.0. The van der Waals surface area contributed by atoms with Gasteiger partial charge in [0.05, 0.1) is 17.8 Å². The topological polar surface area (TPSA) is 49.7 Å². The van der Waals surface area contributed by atoms with Gasteiger partial charge in [-0.25, -0.2) is 4.39 Å². The number of anilines is 1. The van der Waals surface area contributed by atoms with E-state index in [2.05, 4.69) is 41.6 Å². The van der Waals surface area contributed by atoms with Crippen LogP contribution in [0.1, 0.15) is 45.2 Å². The van der Waals surface area contributed by atoms with E-state index in [0.29, 0.717) is 18.7 Å². The first-order chi connectivity index (χ1) is 17.2. The number of ether oxygens (including phenoxy) is 1. The highest BCUT2D eigenvalue weighted by Crippen LogP contribution is 2.34. The molecule has 4 rings (SSSR count). The summed E-state index contributed by atoms with van der Waals surface area (Å²) in [6.45, 7) is 16.5. The van der Waals surface area contributed by atoms with Gasteiger partial charge in [-0.05, 0) is 80.8 Å². The van der Waals surface area contributed by atoms with E-state index in [4.69, 9.17) is 4.74 Å². The van der Waals surface area contributed by atoms with Gasteiger partial charge < -0.3 is 24.4 Å². The number of hydrogen-bond donors (Lipinski definition) is 1. The third-order valence-electron chi connectivity index (χ3n) is 7.72. The summed E-state index contributed by atoms with van der Waals surface area (Å²) in [6, 6.07) is 7.19. The fraction of sp³-hybridized carbons (Fsp3) is 0.483. The molecule has 2 heterocycles. The van der Waals surface area contributed by atoms with Crippen LogP contribution in [-0.2, 0) is 17.8 Å². The molecule has 36 heavy (non-hydrogen) atoms. The van der Waals surface area contributed by atoms with Crippen LogP contribution in [0.2, 0.25) is 0 Å². The van der Waals surface area contributed by atoms with Crippen molar-refractivity contribution >= 4 is 22.5 Å². The lowest BCUT2D eigenvalue weighted by Crippen LogP contribution is -2.48. The average Bonchev–Trinajstić information content (AvgIpc) is 3.11. The Labute approximate surface area is 214 Å². The number of carbonyl (C=O) groups is 1. The van der Waals surface area contributed by atoms with Crippen molar-refractivity contribution in [2.45, 2.75) is 47.7 Å². The standard InChI is InChI=1S/C29H39FN4O2/c1-7-32-8-10-33(11-9-32)29(35)23-16-25-21(4)22(5)34(12-13-36-6)28(25)27(17-23)31-18-26-19(2)14-24(30)15-20(26)3/h14-17,31H,7-13,18H2,1-6H3. The van der Waals surface area contributed by atoms with Crippen molar-refractivity contribution in [3.05, 3.63) is 63.6 Å². The highest BCUT2D eigenvalue weighted by atomic mass is 19.1. The quantitative estimate of drug-likeness (QED) is 0.476. The van der Waals surface area contributed by atoms with Crippen LogP contribution >= 0.6 is 0 Å². The predicted molar refractivity (Wildman–Crippen MR) is 145 cm³/mol. The molecule has 0 atom stereocenters. The van der Waals surface area contributed by atoms with E-state index < -0.39 is 0 Å². The number of amides is 1. The van der Waals surface area contributed by atoms with E-state index >= 15 is 0 Å². The normalized spacial score (nSPS) is 14.6. The molecule has 1 amide bonds. The second kappa shape index (κ2) is 11.0. The maximum absolute atomic E-state index is 13.9. The highest BCUT2D eigenvalue weighted by molar-refractivity contribution is 6.04. The molecule has 194 valence electrons. The average molecular weight is 495 g/mol. The molecule has 1 aliphatic heterocycles. The molecule has 0 radical (unpaired) electrons. The Hall–Kier alpha value is -2.90. The van der Waals surface area contributed by atoms with Crippen molar-refractivity contribution in [3.8, 4) is 0 Å². The molecule has 2 aromatic carbocycles. The molecule has 3 aromatic rings. The van der Waals surface area contributed by atoms with Crippen molar-refractivity contribution in [2.75, 3.05) is 51.8 Å². The fourth-order valence-corrected chi connectivity index (χ4v) is 5.35. The van der Waals surface area contributed by atoms with Gasteiger partial charge in [0.2, 0.25) is 0 Å². The SMILES string of the molecule is CCN1CCN(C(=O)c2cc(NCc3c(C)cc(F)cc3C)c3c(c2)c(C)c(C)n3CCOC)CC1. The van der Waals surface area contributed by atoms with Crippen LogP contribution in [0.15, 0.2) is 24.3 Å². The van der Waals surface area contributed by atoms with E-state index in [1.807, 2.05) is 24.8 Å². The highest BCUT2D eigenvalue weighted by Gasteiger charge is 2.24. The van der Waals surface area contributed by atoms with E-state index in [1.165, 1.54) is 11.3 Å². The van der Waals surface area contributed by atoms with Gasteiger partial charge in [-0.2, -0.15) is 0 Å². The predicted octanol–water partition coefficient (Wildman–Crippen LogP) is 5.05. The number of fused-ring (bicyclic) bond motifs is 1. The van der Waals surface area contributed by atoms with E-state index in [9.17, 15) is 9.18 Å². The minimum atomic E-state index is -0.216. The summed E-state index contributed by atoms with van der Waals surface area (Å²) in [4.78, 5) is 17.9. The summed E-state index contributed by atoms with van der Waals surface area (Å²) in [5.74, 6) is -0.141. The zero-order chi connectivity index (χ0) is 26.0. The lowest BCUT2D eigenvalue weighted by Gasteiger charge is -2.34. The molecule has 0 bridgehead atoms. The number of rotatable bonds is 8. The van der Waals surface area contributed by atoms with E-state index in [1.54, 1.807) is 19.2 Å². The second-order valence-corrected chi connectivity index (χ2v) is 9.87. The molecule has 1 aromatic heterocycles. The Morgan fingerprint density at radius 1 is 1.03 bits per heavy atom. The monoisotopic (exact) mass is 494 g/mol. The lowest BCUT2D eigenvalue weighted by molar-refractivity contribution is 0.0643. The van der Waals surface area contributed by atoms with Gasteiger partial charge in [0.25, 0.3) is 5.91 Å². The fourth-order valence-electron chi connectivity index (χ4n) is 5.35. The van der Waals surface area contributed by atoms with Gasteiger partial charge in [0, 0.05) is 63.0 Å². The zero-order valence-electron chi connectivity index (χ0n) is 22.5. The second-order valence-electron chi connectivity index (χ2n) is 9.87. The number of aryl methyl sites for hydroxylation is 3. The largest absolute Gasteiger partial charge is 0.383 e. The number of hydrogen-bond acceptors (Lipinski definition) is 4. The van der Waals surface area contributed by atoms with Gasteiger partial charge in [-0.15, -0.1) is 0 Å². The van der Waals surface area contributed by atoms with Gasteiger partial charge in [0.1, 0.15) is 5.82 Å². The van der Waals surface area contributed by atoms with Crippen LogP contribution in [0.25, 0.3) is 10.9 Å². The number of carbonyl (C=O) groups excluding carboxylic acids is 1. The molecule has 1 fully saturated rings. The first kappa shape index (κ1) is 26.2. The summed E-state index contributed by atoms with van der Waals surface area (Å²) in [6.07, 6.45) is 0. The molecule has 0 saturated carbocycles. The number of likely N-dealkylation sites (N-methyl/N-ethyl adjacent to an activating group) is 1. The first-order valence-electron chi connectivity index (χ1n) is 12.9. The summed E-state index contributed by atoms with van der Waals surface area (Å²) < 4.78 is 21.5. The Bertz CT molecular complexity index is 1240. The Morgan fingerprint density at radius 2 is 1.69 bits per heavy atom. The number of aromatic nitrogens is 1. The van der Waals surface area contributed by atoms with Gasteiger partial charge >= 0.3 is 0 Å². The summed E-state index contributed by atoms with van der Waals surface area (Å²) in [7, 11) is 1.71. The number of benzene rings is 2. The molecule has 1 aliphatic rings. The van der Waals surface area contributed by atoms with Crippen LogP contribution < -0.4 is 5.32 Å². The Balaban J connectivity index is 1.75. The minimum Gasteiger partial charge on any atom is -0.383 e. The molecular formula is C29H39FN4O2. The van der Waals surface area contributed by atoms with E-state index in [0.717, 1.165) is 72.5 Å². The molecule has 0 aliphatic carbocycles. The maximum atomic E-state index is 13.9. The van der Waals surface area contributed by atoms with Crippen LogP contribution in [-0.4, -0.2) is 66.7 Å². The summed E-state index contributed by atoms with van der Waals surface area (Å²) >= 11 is 0. The Morgan fingerprint density at radius 3 is 2.31 bits per heavy atom. The van der Waals surface area contributed by atoms with E-state index in [-0.39, 0.29) is 11.7 Å². The van der Waals surface area contributed by atoms with Crippen LogP contribution in [0.4, 0.5) is 10.1 Å². The summed E-state index contributed by atoms with van der Waals surface area (Å²) in [5, 5.41) is 4.69. The van der Waals surface area contributed by atoms with Crippen LogP contribution in [0, 0.1) is 33.5 Å². The van der Waals surface area contributed by atoms with Crippen LogP contribution in [0.3, 0.4) is 0 Å². The Kier molecular flexibility index (Phi) is 8.00. The summed E-state index contributed by atoms with van der Waals surface area (Å²) in [5.41, 5.74) is 7.93. The molecule has 1 N–H and O–H groups in total. The van der Waals surface area contributed by atoms with Crippen molar-refractivity contribution in [1.82, 2.24) is 14.4 Å². The van der Waals surface area contributed by atoms with Crippen molar-refractivity contribution in [1.29, 1.82) is 0 Å². The molecule has 1 saturated heterocycles. The van der Waals surface area contributed by atoms with Crippen LogP contribution in [0.5, 0.6) is 0 Å².